The van der Waals surface area contributed by atoms with Gasteiger partial charge < -0.3 is 9.13 Å². The molecule has 45 heavy (non-hydrogen) atoms. The van der Waals surface area contributed by atoms with Gasteiger partial charge in [-0.2, -0.15) is 0 Å². The molecule has 6 aromatic carbocycles. The third kappa shape index (κ3) is 4.12. The number of aryl methyl sites for hydroxylation is 5. The second-order valence-corrected chi connectivity index (χ2v) is 12.5. The van der Waals surface area contributed by atoms with Crippen LogP contribution < -0.4 is 0 Å². The second-order valence-electron chi connectivity index (χ2n) is 12.5. The van der Waals surface area contributed by atoms with Crippen LogP contribution in [0.25, 0.3) is 66.1 Å². The van der Waals surface area contributed by atoms with Crippen molar-refractivity contribution in [2.75, 3.05) is 0 Å². The lowest BCUT2D eigenvalue weighted by molar-refractivity contribution is 0.589. The fourth-order valence-electron chi connectivity index (χ4n) is 7.06. The Balaban J connectivity index is 1.61. The minimum absolute atomic E-state index is 0.00941. The fourth-order valence-corrected chi connectivity index (χ4v) is 7.06. The highest BCUT2D eigenvalue weighted by Gasteiger charge is 2.23. The lowest BCUT2D eigenvalue weighted by atomic mass is 9.97. The smallest absolute Gasteiger partial charge is 0.133 e. The van der Waals surface area contributed by atoms with Crippen LogP contribution in [0.15, 0.2) is 103 Å². The molecule has 8 rings (SSSR count). The maximum Gasteiger partial charge on any atom is 0.133 e. The molecule has 0 atom stereocenters. The van der Waals surface area contributed by atoms with Crippen molar-refractivity contribution in [3.05, 3.63) is 143 Å². The summed E-state index contributed by atoms with van der Waals surface area (Å²) in [6.45, 7) is 10.4. The third-order valence-corrected chi connectivity index (χ3v) is 9.19. The molecule has 0 aliphatic carbocycles. The highest BCUT2D eigenvalue weighted by molar-refractivity contribution is 6.12. The molecule has 220 valence electrons. The standard InChI is InChI=1S/C41H32F2N2/c1-23-9-13-28-29-14-10-24(2)18-36(29)44(35(28)17-23)39-21-27(5)32(41-33(42)7-6-8-34(41)43)22-40(39)45-37-19-25(3)11-15-30(37)31-16-12-26(4)20-38(31)45/h6-22H,1-5H3. The Labute approximate surface area is 260 Å². The molecule has 2 aromatic heterocycles. The molecular weight excluding hydrogens is 558 g/mol. The van der Waals surface area contributed by atoms with Crippen molar-refractivity contribution < 1.29 is 8.78 Å². The summed E-state index contributed by atoms with van der Waals surface area (Å²) in [4.78, 5) is 0. The van der Waals surface area contributed by atoms with Gasteiger partial charge in [0, 0.05) is 21.5 Å². The predicted octanol–water partition coefficient (Wildman–Crippen LogP) is 11.4. The SMILES string of the molecule is Cc1ccc2c3ccc(C)cc3n(-c3cc(C)c(-c4c(F)cccc4F)cc3-n3c4cc(C)ccc4c4ccc(C)cc43)c2c1. The molecule has 0 radical (unpaired) electrons. The first-order valence-electron chi connectivity index (χ1n) is 15.3. The summed E-state index contributed by atoms with van der Waals surface area (Å²) in [6, 6.07) is 34.4. The molecule has 0 saturated carbocycles. The average Bonchev–Trinajstić information content (AvgIpc) is 3.48. The Kier molecular flexibility index (Phi) is 6.01. The van der Waals surface area contributed by atoms with E-state index in [9.17, 15) is 0 Å². The number of rotatable bonds is 3. The van der Waals surface area contributed by atoms with Crippen LogP contribution in [0.5, 0.6) is 0 Å². The molecule has 0 N–H and O–H groups in total. The van der Waals surface area contributed by atoms with Crippen LogP contribution in [0.4, 0.5) is 8.78 Å². The van der Waals surface area contributed by atoms with E-state index in [1.165, 1.54) is 18.2 Å². The summed E-state index contributed by atoms with van der Waals surface area (Å²) in [5.74, 6) is -1.15. The maximum atomic E-state index is 15.4. The Bertz CT molecular complexity index is 2370. The first-order valence-corrected chi connectivity index (χ1v) is 15.3. The van der Waals surface area contributed by atoms with E-state index in [1.807, 2.05) is 13.0 Å². The van der Waals surface area contributed by atoms with E-state index in [-0.39, 0.29) is 5.56 Å². The van der Waals surface area contributed by atoms with Crippen LogP contribution in [0.3, 0.4) is 0 Å². The second kappa shape index (κ2) is 9.90. The molecule has 2 nitrogen and oxygen atoms in total. The van der Waals surface area contributed by atoms with E-state index >= 15 is 8.78 Å². The van der Waals surface area contributed by atoms with Crippen LogP contribution in [0.1, 0.15) is 27.8 Å². The molecule has 4 heteroatoms. The molecule has 0 aliphatic rings. The monoisotopic (exact) mass is 590 g/mol. The molecule has 0 amide bonds. The van der Waals surface area contributed by atoms with Crippen LogP contribution >= 0.6 is 0 Å². The quantitative estimate of drug-likeness (QED) is 0.194. The summed E-state index contributed by atoms with van der Waals surface area (Å²) < 4.78 is 35.5. The lowest BCUT2D eigenvalue weighted by Gasteiger charge is -2.21. The molecule has 0 unspecified atom stereocenters. The van der Waals surface area contributed by atoms with Gasteiger partial charge in [0.15, 0.2) is 0 Å². The van der Waals surface area contributed by atoms with Gasteiger partial charge in [0.1, 0.15) is 11.6 Å². The van der Waals surface area contributed by atoms with E-state index in [0.29, 0.717) is 5.56 Å². The zero-order chi connectivity index (χ0) is 31.1. The molecule has 0 bridgehead atoms. The number of hydrogen-bond donors (Lipinski definition) is 0. The average molecular weight is 591 g/mol. The molecular formula is C41H32F2N2. The van der Waals surface area contributed by atoms with Gasteiger partial charge in [-0.05, 0) is 117 Å². The summed E-state index contributed by atoms with van der Waals surface area (Å²) in [5, 5.41) is 4.60. The van der Waals surface area contributed by atoms with Crippen LogP contribution in [0, 0.1) is 46.3 Å². The number of nitrogens with zero attached hydrogens (tertiary/aromatic N) is 2. The van der Waals surface area contributed by atoms with E-state index in [4.69, 9.17) is 0 Å². The van der Waals surface area contributed by atoms with Crippen LogP contribution in [-0.4, -0.2) is 9.13 Å². The first-order chi connectivity index (χ1) is 21.7. The summed E-state index contributed by atoms with van der Waals surface area (Å²) in [5.41, 5.74) is 12.0. The third-order valence-electron chi connectivity index (χ3n) is 9.19. The Morgan fingerprint density at radius 1 is 0.422 bits per heavy atom. The van der Waals surface area contributed by atoms with Crippen LogP contribution in [-0.2, 0) is 0 Å². The summed E-state index contributed by atoms with van der Waals surface area (Å²) in [7, 11) is 0. The molecule has 0 aliphatic heterocycles. The Morgan fingerprint density at radius 3 is 1.16 bits per heavy atom. The number of hydrogen-bond acceptors (Lipinski definition) is 0. The number of fused-ring (bicyclic) bond motifs is 6. The molecule has 8 aromatic rings. The van der Waals surface area contributed by atoms with Gasteiger partial charge >= 0.3 is 0 Å². The normalized spacial score (nSPS) is 11.9. The van der Waals surface area contributed by atoms with Crippen molar-refractivity contribution in [3.63, 3.8) is 0 Å². The molecule has 0 spiro atoms. The fraction of sp³-hybridized carbons (Fsp3) is 0.122. The Morgan fingerprint density at radius 2 is 0.778 bits per heavy atom. The van der Waals surface area contributed by atoms with Gasteiger partial charge in [0.2, 0.25) is 0 Å². The number of benzene rings is 6. The van der Waals surface area contributed by atoms with Gasteiger partial charge in [-0.3, -0.25) is 0 Å². The van der Waals surface area contributed by atoms with Crippen molar-refractivity contribution in [2.45, 2.75) is 34.6 Å². The van der Waals surface area contributed by atoms with Gasteiger partial charge in [-0.25, -0.2) is 8.78 Å². The zero-order valence-electron chi connectivity index (χ0n) is 26.0. The van der Waals surface area contributed by atoms with Crippen molar-refractivity contribution in [2.24, 2.45) is 0 Å². The highest BCUT2D eigenvalue weighted by atomic mass is 19.1. The zero-order valence-corrected chi connectivity index (χ0v) is 26.0. The summed E-state index contributed by atoms with van der Waals surface area (Å²) in [6.07, 6.45) is 0. The van der Waals surface area contributed by atoms with E-state index in [1.54, 1.807) is 0 Å². The topological polar surface area (TPSA) is 9.86 Å². The van der Waals surface area contributed by atoms with E-state index < -0.39 is 11.6 Å². The molecule has 0 fully saturated rings. The maximum absolute atomic E-state index is 15.4. The highest BCUT2D eigenvalue weighted by Crippen LogP contribution is 2.42. The number of aromatic nitrogens is 2. The van der Waals surface area contributed by atoms with E-state index in [2.05, 4.69) is 116 Å². The van der Waals surface area contributed by atoms with Crippen molar-refractivity contribution in [1.29, 1.82) is 0 Å². The molecule has 2 heterocycles. The first kappa shape index (κ1) is 27.3. The number of halogens is 2. The van der Waals surface area contributed by atoms with Gasteiger partial charge in [0.05, 0.1) is 39.0 Å². The van der Waals surface area contributed by atoms with Gasteiger partial charge in [-0.1, -0.05) is 54.6 Å². The van der Waals surface area contributed by atoms with E-state index in [0.717, 1.165) is 82.8 Å². The van der Waals surface area contributed by atoms with Gasteiger partial charge in [0.25, 0.3) is 0 Å². The molecule has 0 saturated heterocycles. The summed E-state index contributed by atoms with van der Waals surface area (Å²) >= 11 is 0. The lowest BCUT2D eigenvalue weighted by Crippen LogP contribution is -2.06. The predicted molar refractivity (Wildman–Crippen MR) is 184 cm³/mol. The van der Waals surface area contributed by atoms with Crippen LogP contribution in [0.2, 0.25) is 0 Å². The van der Waals surface area contributed by atoms with Crippen molar-refractivity contribution in [3.8, 4) is 22.5 Å². The minimum atomic E-state index is -0.575. The largest absolute Gasteiger partial charge is 0.307 e. The Hall–Kier alpha value is -5.22. The minimum Gasteiger partial charge on any atom is -0.307 e. The van der Waals surface area contributed by atoms with Crippen molar-refractivity contribution in [1.82, 2.24) is 9.13 Å². The van der Waals surface area contributed by atoms with Crippen molar-refractivity contribution >= 4 is 43.6 Å². The van der Waals surface area contributed by atoms with Gasteiger partial charge in [-0.15, -0.1) is 0 Å².